The molecule has 0 aromatic heterocycles. The molecule has 3 nitrogen and oxygen atoms in total. The predicted octanol–water partition coefficient (Wildman–Crippen LogP) is 1.68. The van der Waals surface area contributed by atoms with E-state index in [0.717, 1.165) is 25.3 Å². The molecule has 1 aliphatic carbocycles. The van der Waals surface area contributed by atoms with Crippen molar-refractivity contribution < 1.29 is 4.79 Å². The van der Waals surface area contributed by atoms with Gasteiger partial charge in [-0.2, -0.15) is 0 Å². The summed E-state index contributed by atoms with van der Waals surface area (Å²) in [4.78, 5) is 11.6. The van der Waals surface area contributed by atoms with Gasteiger partial charge in [-0.25, -0.2) is 0 Å². The molecule has 3 heteroatoms. The molecule has 0 aromatic carbocycles. The molecule has 1 aliphatic rings. The highest BCUT2D eigenvalue weighted by atomic mass is 16.2. The molecule has 0 radical (unpaired) electrons. The van der Waals surface area contributed by atoms with E-state index < -0.39 is 0 Å². The van der Waals surface area contributed by atoms with E-state index in [2.05, 4.69) is 31.4 Å². The summed E-state index contributed by atoms with van der Waals surface area (Å²) in [5.74, 6) is 0.961. The van der Waals surface area contributed by atoms with Crippen LogP contribution >= 0.6 is 0 Å². The van der Waals surface area contributed by atoms with Gasteiger partial charge in [0.2, 0.25) is 5.91 Å². The first-order chi connectivity index (χ1) is 7.09. The zero-order valence-corrected chi connectivity index (χ0v) is 10.2. The zero-order chi connectivity index (χ0) is 11.3. The van der Waals surface area contributed by atoms with Crippen LogP contribution in [0.15, 0.2) is 0 Å². The summed E-state index contributed by atoms with van der Waals surface area (Å²) in [6.45, 7) is 7.79. The van der Waals surface area contributed by atoms with Crippen LogP contribution < -0.4 is 10.6 Å². The number of nitrogens with one attached hydrogen (secondary N) is 2. The highest BCUT2D eigenvalue weighted by Crippen LogP contribution is 2.27. The normalized spacial score (nSPS) is 16.5. The Morgan fingerprint density at radius 1 is 1.33 bits per heavy atom. The van der Waals surface area contributed by atoms with E-state index in [9.17, 15) is 4.79 Å². The van der Waals surface area contributed by atoms with Gasteiger partial charge in [-0.15, -0.1) is 0 Å². The van der Waals surface area contributed by atoms with Crippen LogP contribution in [0.5, 0.6) is 0 Å². The van der Waals surface area contributed by atoms with E-state index in [-0.39, 0.29) is 11.4 Å². The molecule has 15 heavy (non-hydrogen) atoms. The number of amides is 1. The summed E-state index contributed by atoms with van der Waals surface area (Å²) in [6.07, 6.45) is 4.63. The van der Waals surface area contributed by atoms with Gasteiger partial charge < -0.3 is 10.6 Å². The van der Waals surface area contributed by atoms with Gasteiger partial charge in [0.05, 0.1) is 6.54 Å². The molecule has 0 spiro atoms. The molecule has 1 rings (SSSR count). The maximum Gasteiger partial charge on any atom is 0.234 e. The van der Waals surface area contributed by atoms with Crippen molar-refractivity contribution in [2.24, 2.45) is 5.92 Å². The molecule has 1 amide bonds. The quantitative estimate of drug-likeness (QED) is 0.674. The van der Waals surface area contributed by atoms with Crippen LogP contribution in [-0.4, -0.2) is 24.5 Å². The van der Waals surface area contributed by atoms with Gasteiger partial charge in [-0.3, -0.25) is 4.79 Å². The number of rotatable bonds is 7. The molecule has 1 saturated carbocycles. The second-order valence-corrected chi connectivity index (χ2v) is 4.89. The first-order valence-electron chi connectivity index (χ1n) is 6.11. The number of carbonyl (C=O) groups is 1. The van der Waals surface area contributed by atoms with Crippen molar-refractivity contribution in [2.45, 2.75) is 52.0 Å². The van der Waals surface area contributed by atoms with E-state index in [4.69, 9.17) is 0 Å². The third-order valence-corrected chi connectivity index (χ3v) is 3.42. The fourth-order valence-electron chi connectivity index (χ4n) is 1.52. The molecule has 88 valence electrons. The van der Waals surface area contributed by atoms with E-state index in [1.807, 2.05) is 0 Å². The lowest BCUT2D eigenvalue weighted by molar-refractivity contribution is -0.122. The minimum atomic E-state index is -0.0294. The van der Waals surface area contributed by atoms with Crippen LogP contribution in [0, 0.1) is 5.92 Å². The van der Waals surface area contributed by atoms with Crippen LogP contribution in [0.25, 0.3) is 0 Å². The van der Waals surface area contributed by atoms with Crippen molar-refractivity contribution in [3.05, 3.63) is 0 Å². The fraction of sp³-hybridized carbons (Fsp3) is 0.917. The SMILES string of the molecule is CCC(C)(CC)NC(=O)CNCC1CC1. The lowest BCUT2D eigenvalue weighted by Crippen LogP contribution is -2.48. The Morgan fingerprint density at radius 2 is 1.93 bits per heavy atom. The Hall–Kier alpha value is -0.570. The lowest BCUT2D eigenvalue weighted by Gasteiger charge is -2.28. The van der Waals surface area contributed by atoms with Crippen LogP contribution in [0.3, 0.4) is 0 Å². The molecule has 0 heterocycles. The van der Waals surface area contributed by atoms with Crippen molar-refractivity contribution >= 4 is 5.91 Å². The van der Waals surface area contributed by atoms with Crippen LogP contribution in [0.2, 0.25) is 0 Å². The second-order valence-electron chi connectivity index (χ2n) is 4.89. The molecule has 2 N–H and O–H groups in total. The van der Waals surface area contributed by atoms with Gasteiger partial charge in [0.15, 0.2) is 0 Å². The lowest BCUT2D eigenvalue weighted by atomic mass is 9.95. The van der Waals surface area contributed by atoms with E-state index in [0.29, 0.717) is 6.54 Å². The maximum absolute atomic E-state index is 11.6. The Labute approximate surface area is 93.0 Å². The summed E-state index contributed by atoms with van der Waals surface area (Å²) in [5, 5.41) is 6.29. The number of hydrogen-bond donors (Lipinski definition) is 2. The minimum absolute atomic E-state index is 0.0294. The van der Waals surface area contributed by atoms with Gasteiger partial charge in [0, 0.05) is 5.54 Å². The molecular formula is C12H24N2O. The molecule has 0 atom stereocenters. The van der Waals surface area contributed by atoms with Crippen molar-refractivity contribution in [1.82, 2.24) is 10.6 Å². The third kappa shape index (κ3) is 4.65. The third-order valence-electron chi connectivity index (χ3n) is 3.42. The van der Waals surface area contributed by atoms with E-state index in [1.54, 1.807) is 0 Å². The van der Waals surface area contributed by atoms with E-state index >= 15 is 0 Å². The molecular weight excluding hydrogens is 188 g/mol. The summed E-state index contributed by atoms with van der Waals surface area (Å²) in [6, 6.07) is 0. The average Bonchev–Trinajstić information content (AvgIpc) is 3.01. The Morgan fingerprint density at radius 3 is 2.40 bits per heavy atom. The Bertz CT molecular complexity index is 208. The van der Waals surface area contributed by atoms with Gasteiger partial charge in [0.1, 0.15) is 0 Å². The van der Waals surface area contributed by atoms with E-state index in [1.165, 1.54) is 12.8 Å². The zero-order valence-electron chi connectivity index (χ0n) is 10.2. The standard InChI is InChI=1S/C12H24N2O/c1-4-12(3,5-2)14-11(15)9-13-8-10-6-7-10/h10,13H,4-9H2,1-3H3,(H,14,15). The monoisotopic (exact) mass is 212 g/mol. The van der Waals surface area contributed by atoms with Crippen LogP contribution in [0.4, 0.5) is 0 Å². The highest BCUT2D eigenvalue weighted by Gasteiger charge is 2.23. The molecule has 0 aromatic rings. The number of carbonyl (C=O) groups excluding carboxylic acids is 1. The van der Waals surface area contributed by atoms with Crippen molar-refractivity contribution in [3.63, 3.8) is 0 Å². The highest BCUT2D eigenvalue weighted by molar-refractivity contribution is 5.78. The van der Waals surface area contributed by atoms with Crippen molar-refractivity contribution in [3.8, 4) is 0 Å². The van der Waals surface area contributed by atoms with Gasteiger partial charge in [0.25, 0.3) is 0 Å². The average molecular weight is 212 g/mol. The van der Waals surface area contributed by atoms with Gasteiger partial charge in [-0.05, 0) is 45.1 Å². The summed E-state index contributed by atoms with van der Waals surface area (Å²) < 4.78 is 0. The Balaban J connectivity index is 2.15. The van der Waals surface area contributed by atoms with Gasteiger partial charge in [-0.1, -0.05) is 13.8 Å². The van der Waals surface area contributed by atoms with Gasteiger partial charge >= 0.3 is 0 Å². The molecule has 0 unspecified atom stereocenters. The topological polar surface area (TPSA) is 41.1 Å². The first kappa shape index (κ1) is 12.5. The smallest absolute Gasteiger partial charge is 0.234 e. The van der Waals surface area contributed by atoms with Crippen molar-refractivity contribution in [2.75, 3.05) is 13.1 Å². The van der Waals surface area contributed by atoms with Crippen LogP contribution in [0.1, 0.15) is 46.5 Å². The largest absolute Gasteiger partial charge is 0.350 e. The minimum Gasteiger partial charge on any atom is -0.350 e. The van der Waals surface area contributed by atoms with Crippen molar-refractivity contribution in [1.29, 1.82) is 0 Å². The molecule has 0 saturated heterocycles. The fourth-order valence-corrected chi connectivity index (χ4v) is 1.52. The maximum atomic E-state index is 11.6. The summed E-state index contributed by atoms with van der Waals surface area (Å²) in [5.41, 5.74) is -0.0294. The molecule has 1 fully saturated rings. The Kier molecular flexibility index (Phi) is 4.58. The van der Waals surface area contributed by atoms with Crippen LogP contribution in [-0.2, 0) is 4.79 Å². The predicted molar refractivity (Wildman–Crippen MR) is 62.7 cm³/mol. The molecule has 0 aliphatic heterocycles. The first-order valence-corrected chi connectivity index (χ1v) is 6.11. The second kappa shape index (κ2) is 5.50. The summed E-state index contributed by atoms with van der Waals surface area (Å²) in [7, 11) is 0. The number of hydrogen-bond acceptors (Lipinski definition) is 2. The summed E-state index contributed by atoms with van der Waals surface area (Å²) >= 11 is 0. The molecule has 0 bridgehead atoms.